The Kier molecular flexibility index (Phi) is 7.55. The van der Waals surface area contributed by atoms with Gasteiger partial charge in [-0.1, -0.05) is 18.2 Å². The molecule has 3 aromatic rings. The minimum Gasteiger partial charge on any atom is -0.486 e. The molecule has 0 amide bonds. The zero-order valence-electron chi connectivity index (χ0n) is 19.0. The van der Waals surface area contributed by atoms with Gasteiger partial charge in [-0.05, 0) is 63.3 Å². The van der Waals surface area contributed by atoms with Gasteiger partial charge in [0.1, 0.15) is 34.7 Å². The summed E-state index contributed by atoms with van der Waals surface area (Å²) in [6.07, 6.45) is 4.67. The number of allylic oxidation sites excluding steroid dienone is 1. The molecule has 2 aromatic carbocycles. The lowest BCUT2D eigenvalue weighted by molar-refractivity contribution is 0.0388. The number of hydrogen-bond acceptors (Lipinski definition) is 6. The number of nitrogens with zero attached hydrogens (tertiary/aromatic N) is 2. The van der Waals surface area contributed by atoms with Crippen molar-refractivity contribution in [3.63, 3.8) is 0 Å². The molecule has 6 heteroatoms. The van der Waals surface area contributed by atoms with Crippen LogP contribution in [0.3, 0.4) is 0 Å². The van der Waals surface area contributed by atoms with Crippen LogP contribution in [0.2, 0.25) is 0 Å². The third-order valence-corrected chi connectivity index (χ3v) is 5.62. The smallest absolute Gasteiger partial charge is 0.147 e. The molecule has 1 aliphatic heterocycles. The Labute approximate surface area is 189 Å². The molecule has 4 rings (SSSR count). The lowest BCUT2D eigenvalue weighted by atomic mass is 9.98. The van der Waals surface area contributed by atoms with Gasteiger partial charge in [-0.15, -0.1) is 6.58 Å². The Morgan fingerprint density at radius 1 is 0.844 bits per heavy atom. The van der Waals surface area contributed by atoms with Gasteiger partial charge in [0.2, 0.25) is 0 Å². The summed E-state index contributed by atoms with van der Waals surface area (Å²) < 4.78 is 24.3. The van der Waals surface area contributed by atoms with Crippen molar-refractivity contribution in [2.24, 2.45) is 5.92 Å². The monoisotopic (exact) mass is 436 g/mol. The standard InChI is InChI=1S/C26H32N2O4/c1-4-7-20-12-14-29-16-18(2)31-23-10-5-8-21-25(23)28-26-22(27-21)9-6-11-24(26)32-19(3)17-30-15-13-20/h4-6,8-11,18-20H,1,7,12-17H2,2-3H3/t18-,19+,20?. The van der Waals surface area contributed by atoms with Gasteiger partial charge in [-0.2, -0.15) is 0 Å². The molecular formula is C26H32N2O4. The first kappa shape index (κ1) is 22.5. The van der Waals surface area contributed by atoms with E-state index in [0.717, 1.165) is 41.3 Å². The molecular weight excluding hydrogens is 404 g/mol. The lowest BCUT2D eigenvalue weighted by Crippen LogP contribution is -2.22. The van der Waals surface area contributed by atoms with Crippen LogP contribution in [0.1, 0.15) is 33.1 Å². The van der Waals surface area contributed by atoms with E-state index < -0.39 is 0 Å². The molecule has 0 saturated heterocycles. The highest BCUT2D eigenvalue weighted by molar-refractivity contribution is 5.92. The minimum atomic E-state index is -0.107. The molecule has 2 heterocycles. The fourth-order valence-electron chi connectivity index (χ4n) is 3.97. The van der Waals surface area contributed by atoms with Crippen molar-refractivity contribution in [2.45, 2.75) is 45.3 Å². The lowest BCUT2D eigenvalue weighted by Gasteiger charge is -2.20. The predicted octanol–water partition coefficient (Wildman–Crippen LogP) is 5.34. The zero-order valence-corrected chi connectivity index (χ0v) is 19.0. The van der Waals surface area contributed by atoms with Crippen LogP contribution in [0.15, 0.2) is 49.1 Å². The number of hydrogen-bond donors (Lipinski definition) is 0. The van der Waals surface area contributed by atoms with Gasteiger partial charge in [0.25, 0.3) is 0 Å². The van der Waals surface area contributed by atoms with Crippen molar-refractivity contribution < 1.29 is 18.9 Å². The minimum absolute atomic E-state index is 0.107. The quantitative estimate of drug-likeness (QED) is 0.399. The molecule has 32 heavy (non-hydrogen) atoms. The van der Waals surface area contributed by atoms with Crippen LogP contribution in [-0.2, 0) is 9.47 Å². The van der Waals surface area contributed by atoms with Crippen molar-refractivity contribution in [1.82, 2.24) is 9.97 Å². The second-order valence-electron chi connectivity index (χ2n) is 8.45. The predicted molar refractivity (Wildman–Crippen MR) is 126 cm³/mol. The topological polar surface area (TPSA) is 62.7 Å². The Morgan fingerprint density at radius 3 is 1.88 bits per heavy atom. The normalized spacial score (nSPS) is 23.4. The Balaban J connectivity index is 1.65. The summed E-state index contributed by atoms with van der Waals surface area (Å²) in [6.45, 7) is 10.3. The Hall–Kier alpha value is -2.70. The number of para-hydroxylation sites is 2. The van der Waals surface area contributed by atoms with Gasteiger partial charge >= 0.3 is 0 Å². The Bertz CT molecular complexity index is 980. The van der Waals surface area contributed by atoms with Gasteiger partial charge in [0.15, 0.2) is 0 Å². The second kappa shape index (κ2) is 10.7. The Morgan fingerprint density at radius 2 is 1.38 bits per heavy atom. The summed E-state index contributed by atoms with van der Waals surface area (Å²) in [5, 5.41) is 0. The van der Waals surface area contributed by atoms with Crippen LogP contribution >= 0.6 is 0 Å². The molecule has 6 nitrogen and oxygen atoms in total. The van der Waals surface area contributed by atoms with E-state index in [1.807, 2.05) is 56.3 Å². The van der Waals surface area contributed by atoms with Gasteiger partial charge in [0.05, 0.1) is 24.2 Å². The van der Waals surface area contributed by atoms with Crippen LogP contribution < -0.4 is 9.47 Å². The van der Waals surface area contributed by atoms with Gasteiger partial charge < -0.3 is 18.9 Å². The number of aromatic nitrogens is 2. The first-order chi connectivity index (χ1) is 15.6. The van der Waals surface area contributed by atoms with E-state index >= 15 is 0 Å². The first-order valence-electron chi connectivity index (χ1n) is 11.4. The average Bonchev–Trinajstić information content (AvgIpc) is 2.78. The highest BCUT2D eigenvalue weighted by atomic mass is 16.5. The number of ether oxygens (including phenoxy) is 4. The second-order valence-corrected chi connectivity index (χ2v) is 8.45. The molecule has 1 aromatic heterocycles. The van der Waals surface area contributed by atoms with Crippen LogP contribution in [0, 0.1) is 5.92 Å². The first-order valence-corrected chi connectivity index (χ1v) is 11.4. The van der Waals surface area contributed by atoms with Gasteiger partial charge in [-0.3, -0.25) is 0 Å². The molecule has 1 unspecified atom stereocenters. The summed E-state index contributed by atoms with van der Waals surface area (Å²) >= 11 is 0. The van der Waals surface area contributed by atoms with Crippen LogP contribution in [0.4, 0.5) is 0 Å². The maximum absolute atomic E-state index is 6.21. The molecule has 170 valence electrons. The van der Waals surface area contributed by atoms with E-state index in [4.69, 9.17) is 28.9 Å². The molecule has 0 fully saturated rings. The maximum Gasteiger partial charge on any atom is 0.147 e. The zero-order chi connectivity index (χ0) is 22.3. The molecule has 3 atom stereocenters. The largest absolute Gasteiger partial charge is 0.486 e. The summed E-state index contributed by atoms with van der Waals surface area (Å²) in [7, 11) is 0. The van der Waals surface area contributed by atoms with Crippen LogP contribution in [-0.4, -0.2) is 48.6 Å². The molecule has 0 spiro atoms. The highest BCUT2D eigenvalue weighted by Crippen LogP contribution is 2.30. The molecule has 0 radical (unpaired) electrons. The molecule has 1 aliphatic rings. The fourth-order valence-corrected chi connectivity index (χ4v) is 3.97. The van der Waals surface area contributed by atoms with E-state index in [1.54, 1.807) is 0 Å². The molecule has 0 saturated carbocycles. The van der Waals surface area contributed by atoms with Crippen LogP contribution in [0.5, 0.6) is 11.5 Å². The summed E-state index contributed by atoms with van der Waals surface area (Å²) in [4.78, 5) is 9.69. The van der Waals surface area contributed by atoms with Crippen LogP contribution in [0.25, 0.3) is 22.1 Å². The van der Waals surface area contributed by atoms with Gasteiger partial charge in [0, 0.05) is 13.2 Å². The van der Waals surface area contributed by atoms with Crippen molar-refractivity contribution in [3.05, 3.63) is 49.1 Å². The van der Waals surface area contributed by atoms with E-state index in [9.17, 15) is 0 Å². The van der Waals surface area contributed by atoms with E-state index in [-0.39, 0.29) is 12.2 Å². The summed E-state index contributed by atoms with van der Waals surface area (Å²) in [5.74, 6) is 1.89. The van der Waals surface area contributed by atoms with Crippen molar-refractivity contribution in [2.75, 3.05) is 26.4 Å². The third-order valence-electron chi connectivity index (χ3n) is 5.62. The van der Waals surface area contributed by atoms with Gasteiger partial charge in [-0.25, -0.2) is 9.97 Å². The number of rotatable bonds is 2. The number of benzene rings is 2. The molecule has 2 bridgehead atoms. The molecule has 0 N–H and O–H groups in total. The van der Waals surface area contributed by atoms with Crippen molar-refractivity contribution in [3.8, 4) is 11.5 Å². The van der Waals surface area contributed by atoms with E-state index in [1.165, 1.54) is 0 Å². The highest BCUT2D eigenvalue weighted by Gasteiger charge is 2.16. The van der Waals surface area contributed by atoms with Crippen molar-refractivity contribution in [1.29, 1.82) is 0 Å². The van der Waals surface area contributed by atoms with Crippen molar-refractivity contribution >= 4 is 22.1 Å². The summed E-state index contributed by atoms with van der Waals surface area (Å²) in [5.41, 5.74) is 3.02. The summed E-state index contributed by atoms with van der Waals surface area (Å²) in [6, 6.07) is 11.6. The van der Waals surface area contributed by atoms with E-state index in [0.29, 0.717) is 43.8 Å². The SMILES string of the molecule is C=CCC1CCOC[C@@H](C)Oc2cccc3nc4cccc(c4nc23)O[C@@H](C)COCC1. The fraction of sp³-hybridized carbons (Fsp3) is 0.462. The maximum atomic E-state index is 6.21. The third kappa shape index (κ3) is 5.56. The average molecular weight is 437 g/mol. The van der Waals surface area contributed by atoms with E-state index in [2.05, 4.69) is 6.58 Å². The molecule has 0 aliphatic carbocycles.